The molecule has 1 aliphatic heterocycles. The number of ether oxygens (including phenoxy) is 1. The molecule has 4 rings (SSSR count). The number of halogens is 1. The van der Waals surface area contributed by atoms with Crippen LogP contribution in [0.1, 0.15) is 49.7 Å². The highest BCUT2D eigenvalue weighted by atomic mass is 19.1. The van der Waals surface area contributed by atoms with Gasteiger partial charge in [0, 0.05) is 32.6 Å². The number of carbonyl (C=O) groups is 1. The first kappa shape index (κ1) is 23.7. The molecule has 2 aromatic carbocycles. The van der Waals surface area contributed by atoms with E-state index >= 15 is 0 Å². The Kier molecular flexibility index (Phi) is 7.35. The van der Waals surface area contributed by atoms with Crippen molar-refractivity contribution in [3.05, 3.63) is 65.5 Å². The molecule has 2 aromatic rings. The van der Waals surface area contributed by atoms with Crippen LogP contribution in [0.25, 0.3) is 0 Å². The van der Waals surface area contributed by atoms with E-state index in [1.165, 1.54) is 11.6 Å². The normalized spacial score (nSPS) is 26.6. The lowest BCUT2D eigenvalue weighted by atomic mass is 9.81. The molecule has 1 amide bonds. The number of rotatable bonds is 5. The highest BCUT2D eigenvalue weighted by Crippen LogP contribution is 2.35. The SMILES string of the molecule is CC(=O)N1CCN(C2CCC(c3ccccc3)CC2)C[C@](O)(COc2ccc(F)c(C)c2)C1. The average Bonchev–Trinajstić information content (AvgIpc) is 3.00. The number of benzene rings is 2. The summed E-state index contributed by atoms with van der Waals surface area (Å²) < 4.78 is 19.5. The Labute approximate surface area is 196 Å². The molecule has 0 spiro atoms. The van der Waals surface area contributed by atoms with Gasteiger partial charge in [-0.3, -0.25) is 9.69 Å². The third-order valence-corrected chi connectivity index (χ3v) is 7.21. The van der Waals surface area contributed by atoms with Gasteiger partial charge in [-0.15, -0.1) is 0 Å². The van der Waals surface area contributed by atoms with Crippen LogP contribution >= 0.6 is 0 Å². The summed E-state index contributed by atoms with van der Waals surface area (Å²) in [5.74, 6) is 0.791. The molecule has 1 saturated heterocycles. The number of carbonyl (C=O) groups excluding carboxylic acids is 1. The quantitative estimate of drug-likeness (QED) is 0.738. The number of β-amino-alcohol motifs (C(OH)–C–C–N with tert-alkyl or cyclic N) is 1. The first-order valence-electron chi connectivity index (χ1n) is 12.0. The average molecular weight is 455 g/mol. The van der Waals surface area contributed by atoms with Crippen LogP contribution in [0.4, 0.5) is 4.39 Å². The predicted octanol–water partition coefficient (Wildman–Crippen LogP) is 4.13. The lowest BCUT2D eigenvalue weighted by Gasteiger charge is -2.39. The van der Waals surface area contributed by atoms with Crippen molar-refractivity contribution in [2.45, 2.75) is 57.1 Å². The molecule has 0 radical (unpaired) electrons. The molecular formula is C27H35FN2O3. The zero-order chi connectivity index (χ0) is 23.4. The summed E-state index contributed by atoms with van der Waals surface area (Å²) in [6.07, 6.45) is 4.41. The minimum atomic E-state index is -1.19. The molecule has 2 aliphatic rings. The maximum atomic E-state index is 13.6. The topological polar surface area (TPSA) is 53.0 Å². The van der Waals surface area contributed by atoms with Crippen LogP contribution in [0.5, 0.6) is 5.75 Å². The van der Waals surface area contributed by atoms with E-state index in [1.54, 1.807) is 30.9 Å². The Balaban J connectivity index is 1.43. The maximum Gasteiger partial charge on any atom is 0.219 e. The van der Waals surface area contributed by atoms with Crippen molar-refractivity contribution in [3.8, 4) is 5.75 Å². The summed E-state index contributed by atoms with van der Waals surface area (Å²) in [6, 6.07) is 15.7. The van der Waals surface area contributed by atoms with Gasteiger partial charge in [-0.2, -0.15) is 0 Å². The van der Waals surface area contributed by atoms with Gasteiger partial charge in [0.15, 0.2) is 0 Å². The van der Waals surface area contributed by atoms with Crippen molar-refractivity contribution in [2.75, 3.05) is 32.8 Å². The van der Waals surface area contributed by atoms with Gasteiger partial charge in [-0.25, -0.2) is 4.39 Å². The monoisotopic (exact) mass is 454 g/mol. The molecular weight excluding hydrogens is 419 g/mol. The van der Waals surface area contributed by atoms with Crippen LogP contribution < -0.4 is 4.74 Å². The fourth-order valence-electron chi connectivity index (χ4n) is 5.29. The summed E-state index contributed by atoms with van der Waals surface area (Å²) in [6.45, 7) is 5.33. The standard InChI is InChI=1S/C27H35FN2O3/c1-20-16-25(12-13-26(20)28)33-19-27(32)17-29(21(2)31)14-15-30(18-27)24-10-8-23(9-11-24)22-6-4-3-5-7-22/h3-7,12-13,16,23-24,32H,8-11,14-15,17-19H2,1-2H3/t23?,24?,27-/m0/s1. The molecule has 2 fully saturated rings. The first-order valence-corrected chi connectivity index (χ1v) is 12.0. The molecule has 1 heterocycles. The Morgan fingerprint density at radius 3 is 2.48 bits per heavy atom. The summed E-state index contributed by atoms with van der Waals surface area (Å²) in [5, 5.41) is 11.6. The van der Waals surface area contributed by atoms with E-state index in [4.69, 9.17) is 4.74 Å². The summed E-state index contributed by atoms with van der Waals surface area (Å²) in [4.78, 5) is 16.3. The van der Waals surface area contributed by atoms with Crippen LogP contribution in [0.3, 0.4) is 0 Å². The largest absolute Gasteiger partial charge is 0.490 e. The van der Waals surface area contributed by atoms with Crippen molar-refractivity contribution in [1.82, 2.24) is 9.80 Å². The third-order valence-electron chi connectivity index (χ3n) is 7.21. The summed E-state index contributed by atoms with van der Waals surface area (Å²) >= 11 is 0. The molecule has 1 saturated carbocycles. The summed E-state index contributed by atoms with van der Waals surface area (Å²) in [7, 11) is 0. The Hall–Kier alpha value is -2.44. The molecule has 0 unspecified atom stereocenters. The Bertz CT molecular complexity index is 946. The van der Waals surface area contributed by atoms with Crippen molar-refractivity contribution in [3.63, 3.8) is 0 Å². The zero-order valence-corrected chi connectivity index (χ0v) is 19.7. The van der Waals surface area contributed by atoms with E-state index in [0.717, 1.165) is 32.2 Å². The van der Waals surface area contributed by atoms with Crippen LogP contribution in [-0.2, 0) is 4.79 Å². The van der Waals surface area contributed by atoms with Crippen LogP contribution in [0.15, 0.2) is 48.5 Å². The minimum Gasteiger partial charge on any atom is -0.490 e. The van der Waals surface area contributed by atoms with E-state index in [1.807, 2.05) is 0 Å². The number of hydrogen-bond donors (Lipinski definition) is 1. The molecule has 5 nitrogen and oxygen atoms in total. The molecule has 0 bridgehead atoms. The van der Waals surface area contributed by atoms with Crippen LogP contribution in [0.2, 0.25) is 0 Å². The van der Waals surface area contributed by atoms with Gasteiger partial charge in [0.2, 0.25) is 5.91 Å². The van der Waals surface area contributed by atoms with Crippen molar-refractivity contribution < 1.29 is 19.0 Å². The fraction of sp³-hybridized carbons (Fsp3) is 0.519. The van der Waals surface area contributed by atoms with Crippen LogP contribution in [0, 0.1) is 12.7 Å². The maximum absolute atomic E-state index is 13.6. The number of nitrogens with zero attached hydrogens (tertiary/aromatic N) is 2. The lowest BCUT2D eigenvalue weighted by Crippen LogP contribution is -2.53. The highest BCUT2D eigenvalue weighted by Gasteiger charge is 2.39. The van der Waals surface area contributed by atoms with Crippen LogP contribution in [-0.4, -0.2) is 65.2 Å². The van der Waals surface area contributed by atoms with E-state index < -0.39 is 5.60 Å². The zero-order valence-electron chi connectivity index (χ0n) is 19.7. The van der Waals surface area contributed by atoms with Gasteiger partial charge in [0.1, 0.15) is 23.8 Å². The highest BCUT2D eigenvalue weighted by molar-refractivity contribution is 5.73. The molecule has 178 valence electrons. The van der Waals surface area contributed by atoms with E-state index in [-0.39, 0.29) is 24.9 Å². The number of amides is 1. The van der Waals surface area contributed by atoms with Crippen molar-refractivity contribution in [1.29, 1.82) is 0 Å². The van der Waals surface area contributed by atoms with Crippen molar-refractivity contribution >= 4 is 5.91 Å². The molecule has 1 aliphatic carbocycles. The molecule has 6 heteroatoms. The predicted molar refractivity (Wildman–Crippen MR) is 127 cm³/mol. The van der Waals surface area contributed by atoms with E-state index in [0.29, 0.717) is 36.4 Å². The van der Waals surface area contributed by atoms with Gasteiger partial charge >= 0.3 is 0 Å². The molecule has 1 N–H and O–H groups in total. The third kappa shape index (κ3) is 5.92. The number of hydrogen-bond acceptors (Lipinski definition) is 4. The summed E-state index contributed by atoms with van der Waals surface area (Å²) in [5.41, 5.74) is 0.720. The lowest BCUT2D eigenvalue weighted by molar-refractivity contribution is -0.132. The smallest absolute Gasteiger partial charge is 0.219 e. The molecule has 1 atom stereocenters. The Morgan fingerprint density at radius 2 is 1.82 bits per heavy atom. The second-order valence-corrected chi connectivity index (χ2v) is 9.75. The van der Waals surface area contributed by atoms with Gasteiger partial charge in [-0.05, 0) is 67.9 Å². The van der Waals surface area contributed by atoms with Gasteiger partial charge in [0.25, 0.3) is 0 Å². The number of aliphatic hydroxyl groups is 1. The minimum absolute atomic E-state index is 0.0410. The van der Waals surface area contributed by atoms with E-state index in [9.17, 15) is 14.3 Å². The second-order valence-electron chi connectivity index (χ2n) is 9.75. The number of aryl methyl sites for hydroxylation is 1. The van der Waals surface area contributed by atoms with Crippen molar-refractivity contribution in [2.24, 2.45) is 0 Å². The van der Waals surface area contributed by atoms with Gasteiger partial charge < -0.3 is 14.7 Å². The van der Waals surface area contributed by atoms with E-state index in [2.05, 4.69) is 35.2 Å². The fourth-order valence-corrected chi connectivity index (χ4v) is 5.29. The molecule has 33 heavy (non-hydrogen) atoms. The van der Waals surface area contributed by atoms with Gasteiger partial charge in [0.05, 0.1) is 6.54 Å². The second kappa shape index (κ2) is 10.2. The first-order chi connectivity index (χ1) is 15.8. The molecule has 0 aromatic heterocycles. The Morgan fingerprint density at radius 1 is 1.09 bits per heavy atom. The van der Waals surface area contributed by atoms with Gasteiger partial charge in [-0.1, -0.05) is 30.3 Å².